The van der Waals surface area contributed by atoms with Crippen molar-refractivity contribution >= 4 is 21.6 Å². The Morgan fingerprint density at radius 2 is 2.21 bits per heavy atom. The molecule has 9 heteroatoms. The van der Waals surface area contributed by atoms with Crippen molar-refractivity contribution in [3.8, 4) is 6.07 Å². The van der Waals surface area contributed by atoms with Crippen LogP contribution in [-0.2, 0) is 21.2 Å². The maximum Gasteiger partial charge on any atom is 0.239 e. The molecule has 1 amide bonds. The number of hydrogen-bond acceptors (Lipinski definition) is 6. The second kappa shape index (κ2) is 7.81. The number of nitriles is 1. The predicted molar refractivity (Wildman–Crippen MR) is 105 cm³/mol. The molecule has 1 saturated heterocycles. The van der Waals surface area contributed by atoms with Gasteiger partial charge in [0.05, 0.1) is 36.4 Å². The van der Waals surface area contributed by atoms with Gasteiger partial charge in [0, 0.05) is 11.7 Å². The molecule has 0 aliphatic carbocycles. The van der Waals surface area contributed by atoms with Gasteiger partial charge < -0.3 is 14.3 Å². The fourth-order valence-corrected chi connectivity index (χ4v) is 5.34. The molecule has 0 unspecified atom stereocenters. The number of furan rings is 1. The molecule has 1 aliphatic heterocycles. The van der Waals surface area contributed by atoms with Gasteiger partial charge in [-0.15, -0.1) is 0 Å². The van der Waals surface area contributed by atoms with Crippen molar-refractivity contribution in [1.82, 2.24) is 9.47 Å². The Morgan fingerprint density at radius 3 is 2.79 bits per heavy atom. The fourth-order valence-electron chi connectivity index (χ4n) is 3.54. The Labute approximate surface area is 164 Å². The topological polar surface area (TPSA) is 108 Å². The van der Waals surface area contributed by atoms with Crippen molar-refractivity contribution in [2.45, 2.75) is 32.9 Å². The summed E-state index contributed by atoms with van der Waals surface area (Å²) in [6.07, 6.45) is 2.11. The first-order valence-electron chi connectivity index (χ1n) is 9.04. The van der Waals surface area contributed by atoms with E-state index < -0.39 is 9.84 Å². The van der Waals surface area contributed by atoms with Gasteiger partial charge in [0.25, 0.3) is 0 Å². The standard InChI is InChI=1S/C19H24N4O4S/c1-13-14(2)23(10-16-5-4-7-27-16)19(17(13)9-20)21-18(24)11-22(3)15-6-8-28(25,26)12-15/h4-5,7,15H,6,8,10-12H2,1-3H3,(H,21,24)/t15-/m1/s1. The number of anilines is 1. The summed E-state index contributed by atoms with van der Waals surface area (Å²) in [6.45, 7) is 4.19. The fraction of sp³-hybridized carbons (Fsp3) is 0.474. The van der Waals surface area contributed by atoms with Gasteiger partial charge in [-0.05, 0) is 45.0 Å². The monoisotopic (exact) mass is 404 g/mol. The maximum atomic E-state index is 12.6. The number of sulfone groups is 1. The lowest BCUT2D eigenvalue weighted by molar-refractivity contribution is -0.117. The van der Waals surface area contributed by atoms with Crippen LogP contribution in [-0.4, -0.2) is 54.9 Å². The molecule has 0 saturated carbocycles. The van der Waals surface area contributed by atoms with Gasteiger partial charge in [-0.3, -0.25) is 9.69 Å². The molecule has 3 heterocycles. The highest BCUT2D eigenvalue weighted by Gasteiger charge is 2.31. The van der Waals surface area contributed by atoms with Crippen molar-refractivity contribution in [3.63, 3.8) is 0 Å². The summed E-state index contributed by atoms with van der Waals surface area (Å²) in [4.78, 5) is 14.4. The van der Waals surface area contributed by atoms with Crippen LogP contribution in [0.1, 0.15) is 29.0 Å². The Bertz CT molecular complexity index is 1020. The molecule has 0 aromatic carbocycles. The van der Waals surface area contributed by atoms with Crippen LogP contribution in [0, 0.1) is 25.2 Å². The summed E-state index contributed by atoms with van der Waals surface area (Å²) < 4.78 is 30.6. The van der Waals surface area contributed by atoms with E-state index >= 15 is 0 Å². The predicted octanol–water partition coefficient (Wildman–Crippen LogP) is 1.68. The highest BCUT2D eigenvalue weighted by atomic mass is 32.2. The summed E-state index contributed by atoms with van der Waals surface area (Å²) in [5, 5.41) is 12.4. The summed E-state index contributed by atoms with van der Waals surface area (Å²) in [5.41, 5.74) is 2.10. The summed E-state index contributed by atoms with van der Waals surface area (Å²) in [5.74, 6) is 1.10. The van der Waals surface area contributed by atoms with Crippen LogP contribution < -0.4 is 5.32 Å². The number of carbonyl (C=O) groups is 1. The Hall–Kier alpha value is -2.57. The lowest BCUT2D eigenvalue weighted by atomic mass is 10.2. The third-order valence-electron chi connectivity index (χ3n) is 5.32. The van der Waals surface area contributed by atoms with Gasteiger partial charge in [0.15, 0.2) is 9.84 Å². The average molecular weight is 404 g/mol. The number of nitrogens with zero attached hydrogens (tertiary/aromatic N) is 3. The van der Waals surface area contributed by atoms with Crippen LogP contribution in [0.15, 0.2) is 22.8 Å². The van der Waals surface area contributed by atoms with Crippen LogP contribution in [0.5, 0.6) is 0 Å². The van der Waals surface area contributed by atoms with Crippen LogP contribution in [0.4, 0.5) is 5.82 Å². The second-order valence-corrected chi connectivity index (χ2v) is 9.46. The van der Waals surface area contributed by atoms with Gasteiger partial charge in [0.1, 0.15) is 17.6 Å². The van der Waals surface area contributed by atoms with Crippen molar-refractivity contribution in [2.75, 3.05) is 30.4 Å². The van der Waals surface area contributed by atoms with E-state index in [9.17, 15) is 18.5 Å². The number of nitrogens with one attached hydrogen (secondary N) is 1. The van der Waals surface area contributed by atoms with E-state index in [4.69, 9.17) is 4.42 Å². The number of amides is 1. The van der Waals surface area contributed by atoms with E-state index in [2.05, 4.69) is 11.4 Å². The zero-order valence-corrected chi connectivity index (χ0v) is 17.0. The molecule has 3 rings (SSSR count). The van der Waals surface area contributed by atoms with Crippen molar-refractivity contribution in [3.05, 3.63) is 41.0 Å². The maximum absolute atomic E-state index is 12.6. The zero-order valence-electron chi connectivity index (χ0n) is 16.2. The average Bonchev–Trinajstić information content (AvgIpc) is 3.31. The highest BCUT2D eigenvalue weighted by Crippen LogP contribution is 2.27. The molecule has 150 valence electrons. The molecule has 0 radical (unpaired) electrons. The molecule has 1 aliphatic rings. The Kier molecular flexibility index (Phi) is 5.63. The lowest BCUT2D eigenvalue weighted by Gasteiger charge is -2.22. The van der Waals surface area contributed by atoms with Crippen LogP contribution >= 0.6 is 0 Å². The molecular weight excluding hydrogens is 380 g/mol. The number of aromatic nitrogens is 1. The van der Waals surface area contributed by atoms with Gasteiger partial charge in [0.2, 0.25) is 5.91 Å². The third kappa shape index (κ3) is 4.13. The molecule has 0 spiro atoms. The molecule has 0 bridgehead atoms. The molecular formula is C19H24N4O4S. The first-order valence-corrected chi connectivity index (χ1v) is 10.9. The lowest BCUT2D eigenvalue weighted by Crippen LogP contribution is -2.39. The number of carbonyl (C=O) groups excluding carboxylic acids is 1. The van der Waals surface area contributed by atoms with Gasteiger partial charge in [-0.2, -0.15) is 5.26 Å². The molecule has 1 fully saturated rings. The molecule has 1 N–H and O–H groups in total. The molecule has 28 heavy (non-hydrogen) atoms. The second-order valence-electron chi connectivity index (χ2n) is 7.23. The minimum atomic E-state index is -3.01. The van der Waals surface area contributed by atoms with Crippen LogP contribution in [0.3, 0.4) is 0 Å². The first-order chi connectivity index (χ1) is 13.2. The SMILES string of the molecule is Cc1c(C#N)c(NC(=O)CN(C)[C@@H]2CCS(=O)(=O)C2)n(Cc2ccco2)c1C. The van der Waals surface area contributed by atoms with Crippen molar-refractivity contribution in [1.29, 1.82) is 5.26 Å². The Morgan fingerprint density at radius 1 is 1.46 bits per heavy atom. The minimum Gasteiger partial charge on any atom is -0.467 e. The van der Waals surface area contributed by atoms with E-state index in [0.717, 1.165) is 11.3 Å². The normalized spacial score (nSPS) is 18.3. The first kappa shape index (κ1) is 20.2. The van der Waals surface area contributed by atoms with Crippen molar-refractivity contribution < 1.29 is 17.6 Å². The molecule has 2 aromatic rings. The van der Waals surface area contributed by atoms with E-state index in [1.54, 1.807) is 24.3 Å². The zero-order chi connectivity index (χ0) is 20.5. The van der Waals surface area contributed by atoms with Gasteiger partial charge >= 0.3 is 0 Å². The minimum absolute atomic E-state index is 0.0507. The number of rotatable bonds is 6. The number of likely N-dealkylation sites (N-methyl/N-ethyl adjacent to an activating group) is 1. The van der Waals surface area contributed by atoms with E-state index in [1.807, 2.05) is 24.5 Å². The highest BCUT2D eigenvalue weighted by molar-refractivity contribution is 7.91. The molecule has 2 aromatic heterocycles. The Balaban J connectivity index is 1.78. The molecule has 1 atom stereocenters. The smallest absolute Gasteiger partial charge is 0.239 e. The summed E-state index contributed by atoms with van der Waals surface area (Å²) in [7, 11) is -1.27. The van der Waals surface area contributed by atoms with Crippen LogP contribution in [0.2, 0.25) is 0 Å². The van der Waals surface area contributed by atoms with Crippen LogP contribution in [0.25, 0.3) is 0 Å². The van der Waals surface area contributed by atoms with Gasteiger partial charge in [-0.25, -0.2) is 8.42 Å². The van der Waals surface area contributed by atoms with Gasteiger partial charge in [-0.1, -0.05) is 0 Å². The largest absolute Gasteiger partial charge is 0.467 e. The van der Waals surface area contributed by atoms with E-state index in [1.165, 1.54) is 0 Å². The van der Waals surface area contributed by atoms with E-state index in [0.29, 0.717) is 30.1 Å². The third-order valence-corrected chi connectivity index (χ3v) is 7.07. The molecule has 8 nitrogen and oxygen atoms in total. The van der Waals surface area contributed by atoms with Crippen molar-refractivity contribution in [2.24, 2.45) is 0 Å². The quantitative estimate of drug-likeness (QED) is 0.785. The van der Waals surface area contributed by atoms with E-state index in [-0.39, 0.29) is 30.0 Å². The summed E-state index contributed by atoms with van der Waals surface area (Å²) in [6, 6.07) is 5.63. The number of hydrogen-bond donors (Lipinski definition) is 1. The summed E-state index contributed by atoms with van der Waals surface area (Å²) >= 11 is 0.